The summed E-state index contributed by atoms with van der Waals surface area (Å²) < 4.78 is 41.6. The van der Waals surface area contributed by atoms with E-state index in [4.69, 9.17) is 23.2 Å². The second-order valence-corrected chi connectivity index (χ2v) is 10.3. The number of piperidine rings is 1. The predicted octanol–water partition coefficient (Wildman–Crippen LogP) is 4.36. The number of likely N-dealkylation sites (tertiary alicyclic amines) is 1. The van der Waals surface area contributed by atoms with E-state index >= 15 is 0 Å². The third-order valence-electron chi connectivity index (χ3n) is 7.76. The fourth-order valence-electron chi connectivity index (χ4n) is 6.24. The number of nitrogens with zero attached hydrogens (tertiary/aromatic N) is 3. The molecule has 6 atom stereocenters. The topological polar surface area (TPSA) is 78.6 Å². The molecule has 188 valence electrons. The first-order valence-corrected chi connectivity index (χ1v) is 12.2. The van der Waals surface area contributed by atoms with Gasteiger partial charge in [-0.1, -0.05) is 29.6 Å². The lowest BCUT2D eigenvalue weighted by Gasteiger charge is -2.53. The van der Waals surface area contributed by atoms with Crippen molar-refractivity contribution in [2.24, 2.45) is 24.8 Å². The van der Waals surface area contributed by atoms with Crippen LogP contribution in [0.4, 0.5) is 13.2 Å². The molecule has 0 bridgehead atoms. The average Bonchev–Trinajstić information content (AvgIpc) is 3.07. The van der Waals surface area contributed by atoms with Crippen LogP contribution in [0, 0.1) is 17.8 Å². The zero-order valence-corrected chi connectivity index (χ0v) is 20.4. The van der Waals surface area contributed by atoms with Crippen molar-refractivity contribution in [3.63, 3.8) is 0 Å². The lowest BCUT2D eigenvalue weighted by Crippen LogP contribution is -2.60. The zero-order chi connectivity index (χ0) is 24.9. The van der Waals surface area contributed by atoms with Crippen LogP contribution in [0.3, 0.4) is 0 Å². The SMILES string of the molecule is CC1[C@@H]2CCC[C@H]([C@H](O)C(F)(F)F)[C@H]2C[C@@H](CO)N1C(=O)Cc1c(Cl)ccc2c1c(Cl)nn2C. The van der Waals surface area contributed by atoms with Crippen molar-refractivity contribution in [3.05, 3.63) is 27.9 Å². The summed E-state index contributed by atoms with van der Waals surface area (Å²) in [5, 5.41) is 25.5. The molecule has 1 saturated heterocycles. The smallest absolute Gasteiger partial charge is 0.394 e. The lowest BCUT2D eigenvalue weighted by atomic mass is 9.62. The highest BCUT2D eigenvalue weighted by atomic mass is 35.5. The summed E-state index contributed by atoms with van der Waals surface area (Å²) in [6, 6.07) is 2.40. The Morgan fingerprint density at radius 3 is 2.62 bits per heavy atom. The molecule has 0 spiro atoms. The number of rotatable bonds is 4. The summed E-state index contributed by atoms with van der Waals surface area (Å²) in [5.41, 5.74) is 1.25. The molecule has 0 radical (unpaired) electrons. The molecule has 1 aromatic carbocycles. The van der Waals surface area contributed by atoms with Gasteiger partial charge in [0.2, 0.25) is 5.91 Å². The first kappa shape index (κ1) is 25.5. The third-order valence-corrected chi connectivity index (χ3v) is 8.38. The summed E-state index contributed by atoms with van der Waals surface area (Å²) in [4.78, 5) is 15.2. The molecule has 1 aliphatic carbocycles. The van der Waals surface area contributed by atoms with Crippen molar-refractivity contribution in [2.45, 2.75) is 63.4 Å². The van der Waals surface area contributed by atoms with Gasteiger partial charge in [-0.25, -0.2) is 0 Å². The number of alkyl halides is 3. The molecule has 1 saturated carbocycles. The number of hydrogen-bond acceptors (Lipinski definition) is 4. The van der Waals surface area contributed by atoms with Crippen molar-refractivity contribution in [2.75, 3.05) is 6.61 Å². The van der Waals surface area contributed by atoms with Gasteiger partial charge in [0.05, 0.1) is 24.6 Å². The van der Waals surface area contributed by atoms with Crippen LogP contribution in [0.2, 0.25) is 10.2 Å². The number of amides is 1. The number of aromatic nitrogens is 2. The molecule has 2 aliphatic rings. The fraction of sp³-hybridized carbons (Fsp3) is 0.652. The van der Waals surface area contributed by atoms with Crippen molar-refractivity contribution in [1.82, 2.24) is 14.7 Å². The zero-order valence-electron chi connectivity index (χ0n) is 18.9. The van der Waals surface area contributed by atoms with Gasteiger partial charge in [0.25, 0.3) is 0 Å². The van der Waals surface area contributed by atoms with Crippen LogP contribution in [0.15, 0.2) is 12.1 Å². The number of aliphatic hydroxyl groups excluding tert-OH is 2. The van der Waals surface area contributed by atoms with Crippen LogP contribution in [-0.2, 0) is 18.3 Å². The second kappa shape index (κ2) is 9.48. The summed E-state index contributed by atoms with van der Waals surface area (Å²) >= 11 is 12.7. The number of halogens is 5. The first-order valence-electron chi connectivity index (χ1n) is 11.4. The molecule has 2 N–H and O–H groups in total. The lowest BCUT2D eigenvalue weighted by molar-refractivity contribution is -0.234. The summed E-state index contributed by atoms with van der Waals surface area (Å²) in [7, 11) is 1.73. The highest BCUT2D eigenvalue weighted by Gasteiger charge is 2.53. The van der Waals surface area contributed by atoms with Gasteiger partial charge in [-0.05, 0) is 61.6 Å². The number of benzene rings is 1. The molecule has 2 aromatic rings. The fourth-order valence-corrected chi connectivity index (χ4v) is 6.79. The Balaban J connectivity index is 1.63. The molecule has 4 rings (SSSR count). The molecule has 1 aliphatic heterocycles. The van der Waals surface area contributed by atoms with Gasteiger partial charge in [0.1, 0.15) is 0 Å². The van der Waals surface area contributed by atoms with E-state index in [1.807, 2.05) is 6.92 Å². The molecule has 1 amide bonds. The summed E-state index contributed by atoms with van der Waals surface area (Å²) in [6.07, 6.45) is -5.48. The first-order chi connectivity index (χ1) is 16.0. The molecule has 2 fully saturated rings. The Bertz CT molecular complexity index is 1080. The maximum absolute atomic E-state index is 13.6. The van der Waals surface area contributed by atoms with Gasteiger partial charge in [-0.2, -0.15) is 18.3 Å². The predicted molar refractivity (Wildman–Crippen MR) is 123 cm³/mol. The minimum absolute atomic E-state index is 0.0750. The van der Waals surface area contributed by atoms with Crippen LogP contribution in [0.1, 0.15) is 38.2 Å². The van der Waals surface area contributed by atoms with E-state index in [2.05, 4.69) is 5.10 Å². The maximum atomic E-state index is 13.6. The molecule has 1 aromatic heterocycles. The number of carbonyl (C=O) groups excluding carboxylic acids is 1. The number of carbonyl (C=O) groups is 1. The minimum atomic E-state index is -4.70. The minimum Gasteiger partial charge on any atom is -0.394 e. The highest BCUT2D eigenvalue weighted by Crippen LogP contribution is 2.48. The average molecular weight is 522 g/mol. The normalized spacial score (nSPS) is 28.7. The van der Waals surface area contributed by atoms with Gasteiger partial charge < -0.3 is 15.1 Å². The summed E-state index contributed by atoms with van der Waals surface area (Å²) in [6.45, 7) is 1.44. The van der Waals surface area contributed by atoms with Crippen LogP contribution >= 0.6 is 23.2 Å². The molecule has 6 nitrogen and oxygen atoms in total. The van der Waals surface area contributed by atoms with Crippen LogP contribution in [-0.4, -0.2) is 61.8 Å². The molecular formula is C23H28Cl2F3N3O3. The third kappa shape index (κ3) is 4.40. The standard InChI is InChI=1S/C23H28Cl2F3N3O3/c1-11-13-4-3-5-14(21(34)23(26,27)28)15(13)8-12(10-32)31(11)19(33)9-16-17(24)6-7-18-20(16)22(25)29-30(18)2/h6-7,11-15,21,32,34H,3-5,8-10H2,1-2H3/t11?,12-,13-,14-,15-,21-/m0/s1. The second-order valence-electron chi connectivity index (χ2n) is 9.53. The van der Waals surface area contributed by atoms with Gasteiger partial charge >= 0.3 is 6.18 Å². The Morgan fingerprint density at radius 2 is 1.97 bits per heavy atom. The van der Waals surface area contributed by atoms with Crippen molar-refractivity contribution in [3.8, 4) is 0 Å². The Labute approximate surface area is 205 Å². The Kier molecular flexibility index (Phi) is 7.12. The van der Waals surface area contributed by atoms with Gasteiger partial charge in [0.15, 0.2) is 11.3 Å². The Hall–Kier alpha value is -1.55. The van der Waals surface area contributed by atoms with Crippen LogP contribution in [0.25, 0.3) is 10.9 Å². The quantitative estimate of drug-likeness (QED) is 0.626. The number of fused-ring (bicyclic) bond motifs is 2. The van der Waals surface area contributed by atoms with E-state index in [1.165, 1.54) is 0 Å². The van der Waals surface area contributed by atoms with E-state index in [0.29, 0.717) is 28.8 Å². The largest absolute Gasteiger partial charge is 0.414 e. The highest BCUT2D eigenvalue weighted by molar-refractivity contribution is 6.37. The van der Waals surface area contributed by atoms with Crippen molar-refractivity contribution >= 4 is 40.0 Å². The van der Waals surface area contributed by atoms with E-state index in [1.54, 1.807) is 28.8 Å². The van der Waals surface area contributed by atoms with Crippen molar-refractivity contribution in [1.29, 1.82) is 0 Å². The molecule has 2 heterocycles. The monoisotopic (exact) mass is 521 g/mol. The number of aliphatic hydroxyl groups is 2. The van der Waals surface area contributed by atoms with Gasteiger partial charge in [-0.15, -0.1) is 0 Å². The van der Waals surface area contributed by atoms with Crippen LogP contribution < -0.4 is 0 Å². The Morgan fingerprint density at radius 1 is 1.26 bits per heavy atom. The maximum Gasteiger partial charge on any atom is 0.414 e. The van der Waals surface area contributed by atoms with E-state index < -0.39 is 36.2 Å². The van der Waals surface area contributed by atoms with Gasteiger partial charge in [-0.3, -0.25) is 9.48 Å². The number of hydrogen-bond donors (Lipinski definition) is 2. The molecular weight excluding hydrogens is 494 g/mol. The van der Waals surface area contributed by atoms with Crippen LogP contribution in [0.5, 0.6) is 0 Å². The van der Waals surface area contributed by atoms with E-state index in [9.17, 15) is 28.2 Å². The van der Waals surface area contributed by atoms with Gasteiger partial charge in [0, 0.05) is 23.5 Å². The van der Waals surface area contributed by atoms with E-state index in [-0.39, 0.29) is 42.8 Å². The molecule has 11 heteroatoms. The number of aryl methyl sites for hydroxylation is 1. The van der Waals surface area contributed by atoms with E-state index in [0.717, 1.165) is 5.52 Å². The molecule has 1 unspecified atom stereocenters. The summed E-state index contributed by atoms with van der Waals surface area (Å²) in [5.74, 6) is -1.85. The van der Waals surface area contributed by atoms with Crippen molar-refractivity contribution < 1.29 is 28.2 Å². The molecule has 34 heavy (non-hydrogen) atoms.